The number of aliphatic hydroxyl groups is 1. The van der Waals surface area contributed by atoms with E-state index in [2.05, 4.69) is 4.74 Å². The molecule has 0 radical (unpaired) electrons. The molecule has 1 rings (SSSR count). The van der Waals surface area contributed by atoms with Gasteiger partial charge < -0.3 is 9.84 Å². The van der Waals surface area contributed by atoms with E-state index in [0.29, 0.717) is 0 Å². The first-order valence-corrected chi connectivity index (χ1v) is 3.71. The molecule has 0 aromatic carbocycles. The Morgan fingerprint density at radius 1 is 1.83 bits per heavy atom. The van der Waals surface area contributed by atoms with Gasteiger partial charge in [0, 0.05) is 20.0 Å². The highest BCUT2D eigenvalue weighted by molar-refractivity contribution is 5.85. The molecular formula is C7H11NO4. The van der Waals surface area contributed by atoms with Gasteiger partial charge in [0.15, 0.2) is 6.73 Å². The Bertz CT molecular complexity index is 204. The molecular weight excluding hydrogens is 162 g/mol. The second-order valence-corrected chi connectivity index (χ2v) is 2.61. The molecule has 68 valence electrons. The van der Waals surface area contributed by atoms with Crippen LogP contribution in [0.3, 0.4) is 0 Å². The third kappa shape index (κ3) is 1.55. The number of carbonyl (C=O) groups excluding carboxylic acids is 2. The van der Waals surface area contributed by atoms with E-state index in [1.807, 2.05) is 0 Å². The molecule has 0 aromatic rings. The molecule has 0 spiro atoms. The zero-order chi connectivity index (χ0) is 9.14. The topological polar surface area (TPSA) is 66.8 Å². The third-order valence-electron chi connectivity index (χ3n) is 1.80. The standard InChI is InChI=1S/C7H11NO4/c1-5(10)8-4-12-7(11)6(8)2-3-9/h6,9H,2-4H2,1H3. The Balaban J connectivity index is 2.63. The molecule has 5 heteroatoms. The monoisotopic (exact) mass is 173 g/mol. The SMILES string of the molecule is CC(=O)N1COC(=O)C1CCO. The number of aliphatic hydroxyl groups excluding tert-OH is 1. The first kappa shape index (κ1) is 8.99. The highest BCUT2D eigenvalue weighted by Crippen LogP contribution is 2.13. The van der Waals surface area contributed by atoms with E-state index >= 15 is 0 Å². The van der Waals surface area contributed by atoms with Crippen LogP contribution in [0, 0.1) is 0 Å². The van der Waals surface area contributed by atoms with Crippen molar-refractivity contribution in [3.8, 4) is 0 Å². The van der Waals surface area contributed by atoms with Gasteiger partial charge in [-0.3, -0.25) is 9.69 Å². The minimum atomic E-state index is -0.590. The molecule has 0 bridgehead atoms. The van der Waals surface area contributed by atoms with E-state index in [-0.39, 0.29) is 25.7 Å². The van der Waals surface area contributed by atoms with Crippen LogP contribution in [0.5, 0.6) is 0 Å². The number of cyclic esters (lactones) is 1. The highest BCUT2D eigenvalue weighted by Gasteiger charge is 2.35. The van der Waals surface area contributed by atoms with Crippen LogP contribution in [-0.2, 0) is 14.3 Å². The Labute approximate surface area is 69.9 Å². The maximum atomic E-state index is 11.0. The second-order valence-electron chi connectivity index (χ2n) is 2.61. The van der Waals surface area contributed by atoms with Crippen LogP contribution >= 0.6 is 0 Å². The van der Waals surface area contributed by atoms with E-state index < -0.39 is 12.0 Å². The second kappa shape index (κ2) is 3.53. The Hall–Kier alpha value is -1.10. The predicted molar refractivity (Wildman–Crippen MR) is 39.0 cm³/mol. The van der Waals surface area contributed by atoms with Gasteiger partial charge in [-0.25, -0.2) is 4.79 Å². The average Bonchev–Trinajstić information content (AvgIpc) is 2.34. The number of amides is 1. The number of esters is 1. The molecule has 0 aliphatic carbocycles. The van der Waals surface area contributed by atoms with Gasteiger partial charge in [-0.1, -0.05) is 0 Å². The van der Waals surface area contributed by atoms with E-state index in [9.17, 15) is 9.59 Å². The lowest BCUT2D eigenvalue weighted by molar-refractivity contribution is -0.139. The third-order valence-corrected chi connectivity index (χ3v) is 1.80. The fourth-order valence-electron chi connectivity index (χ4n) is 1.15. The Kier molecular flexibility index (Phi) is 2.65. The van der Waals surface area contributed by atoms with Crippen molar-refractivity contribution in [2.24, 2.45) is 0 Å². The molecule has 1 aliphatic rings. The zero-order valence-electron chi connectivity index (χ0n) is 6.82. The summed E-state index contributed by atoms with van der Waals surface area (Å²) in [6.45, 7) is 1.26. The Morgan fingerprint density at radius 2 is 2.50 bits per heavy atom. The van der Waals surface area contributed by atoms with Gasteiger partial charge in [-0.15, -0.1) is 0 Å². The minimum Gasteiger partial charge on any atom is -0.443 e. The molecule has 0 aromatic heterocycles. The van der Waals surface area contributed by atoms with Gasteiger partial charge in [0.1, 0.15) is 6.04 Å². The number of hydrogen-bond acceptors (Lipinski definition) is 4. The van der Waals surface area contributed by atoms with Crippen molar-refractivity contribution in [2.75, 3.05) is 13.3 Å². The lowest BCUT2D eigenvalue weighted by Gasteiger charge is -2.16. The van der Waals surface area contributed by atoms with Crippen LogP contribution in [0.2, 0.25) is 0 Å². The largest absolute Gasteiger partial charge is 0.443 e. The van der Waals surface area contributed by atoms with Gasteiger partial charge in [-0.2, -0.15) is 0 Å². The normalized spacial score (nSPS) is 22.7. The molecule has 1 aliphatic heterocycles. The van der Waals surface area contributed by atoms with Gasteiger partial charge in [0.05, 0.1) is 0 Å². The fourth-order valence-corrected chi connectivity index (χ4v) is 1.15. The van der Waals surface area contributed by atoms with Crippen LogP contribution in [0.25, 0.3) is 0 Å². The van der Waals surface area contributed by atoms with Crippen LogP contribution < -0.4 is 0 Å². The maximum absolute atomic E-state index is 11.0. The summed E-state index contributed by atoms with van der Waals surface area (Å²) in [5, 5.41) is 8.60. The smallest absolute Gasteiger partial charge is 0.330 e. The fraction of sp³-hybridized carbons (Fsp3) is 0.714. The summed E-state index contributed by atoms with van der Waals surface area (Å²) in [7, 11) is 0. The molecule has 1 heterocycles. The molecule has 1 atom stereocenters. The molecule has 1 unspecified atom stereocenters. The van der Waals surface area contributed by atoms with Crippen LogP contribution in [0.15, 0.2) is 0 Å². The van der Waals surface area contributed by atoms with Crippen molar-refractivity contribution >= 4 is 11.9 Å². The van der Waals surface area contributed by atoms with Crippen molar-refractivity contribution in [1.29, 1.82) is 0 Å². The van der Waals surface area contributed by atoms with E-state index in [4.69, 9.17) is 5.11 Å². The number of nitrogens with zero attached hydrogens (tertiary/aromatic N) is 1. The van der Waals surface area contributed by atoms with Crippen molar-refractivity contribution < 1.29 is 19.4 Å². The molecule has 1 amide bonds. The highest BCUT2D eigenvalue weighted by atomic mass is 16.6. The minimum absolute atomic E-state index is 0.0127. The summed E-state index contributed by atoms with van der Waals surface area (Å²) in [6.07, 6.45) is 0.248. The van der Waals surface area contributed by atoms with E-state index in [1.165, 1.54) is 11.8 Å². The summed E-state index contributed by atoms with van der Waals surface area (Å²) in [5.41, 5.74) is 0. The van der Waals surface area contributed by atoms with Crippen molar-refractivity contribution in [3.05, 3.63) is 0 Å². The molecule has 5 nitrogen and oxygen atoms in total. The summed E-state index contributed by atoms with van der Waals surface area (Å²) in [6, 6.07) is -0.590. The Morgan fingerprint density at radius 3 is 3.00 bits per heavy atom. The predicted octanol–water partition coefficient (Wildman–Crippen LogP) is -0.900. The van der Waals surface area contributed by atoms with E-state index in [1.54, 1.807) is 0 Å². The number of hydrogen-bond donors (Lipinski definition) is 1. The lowest BCUT2D eigenvalue weighted by atomic mass is 10.2. The zero-order valence-corrected chi connectivity index (χ0v) is 6.82. The van der Waals surface area contributed by atoms with Crippen molar-refractivity contribution in [3.63, 3.8) is 0 Å². The van der Waals surface area contributed by atoms with Crippen LogP contribution in [0.1, 0.15) is 13.3 Å². The van der Waals surface area contributed by atoms with Crippen LogP contribution in [0.4, 0.5) is 0 Å². The number of ether oxygens (including phenoxy) is 1. The van der Waals surface area contributed by atoms with Gasteiger partial charge in [0.2, 0.25) is 5.91 Å². The van der Waals surface area contributed by atoms with E-state index in [0.717, 1.165) is 0 Å². The summed E-state index contributed by atoms with van der Waals surface area (Å²) < 4.78 is 4.65. The summed E-state index contributed by atoms with van der Waals surface area (Å²) in [5.74, 6) is -0.640. The maximum Gasteiger partial charge on any atom is 0.330 e. The van der Waals surface area contributed by atoms with Gasteiger partial charge in [-0.05, 0) is 0 Å². The van der Waals surface area contributed by atoms with Gasteiger partial charge in [0.25, 0.3) is 0 Å². The molecule has 12 heavy (non-hydrogen) atoms. The van der Waals surface area contributed by atoms with Crippen molar-refractivity contribution in [1.82, 2.24) is 4.90 Å². The quantitative estimate of drug-likeness (QED) is 0.549. The van der Waals surface area contributed by atoms with Crippen molar-refractivity contribution in [2.45, 2.75) is 19.4 Å². The molecule has 1 saturated heterocycles. The lowest BCUT2D eigenvalue weighted by Crippen LogP contribution is -2.37. The van der Waals surface area contributed by atoms with Gasteiger partial charge >= 0.3 is 5.97 Å². The first-order chi connectivity index (χ1) is 5.66. The molecule has 1 fully saturated rings. The summed E-state index contributed by atoms with van der Waals surface area (Å²) in [4.78, 5) is 23.1. The number of carbonyl (C=O) groups is 2. The molecule has 0 saturated carbocycles. The average molecular weight is 173 g/mol. The molecule has 1 N–H and O–H groups in total. The summed E-state index contributed by atoms with van der Waals surface area (Å²) >= 11 is 0. The van der Waals surface area contributed by atoms with Crippen LogP contribution in [-0.4, -0.2) is 41.3 Å². The number of rotatable bonds is 2. The first-order valence-electron chi connectivity index (χ1n) is 3.71.